The molecule has 0 bridgehead atoms. The van der Waals surface area contributed by atoms with Crippen molar-refractivity contribution in [2.24, 2.45) is 11.7 Å². The first-order chi connectivity index (χ1) is 8.60. The number of rotatable bonds is 3. The third kappa shape index (κ3) is 1.93. The summed E-state index contributed by atoms with van der Waals surface area (Å²) >= 11 is 0. The van der Waals surface area contributed by atoms with Gasteiger partial charge in [-0.2, -0.15) is 0 Å². The van der Waals surface area contributed by atoms with E-state index in [0.29, 0.717) is 5.92 Å². The van der Waals surface area contributed by atoms with Gasteiger partial charge in [0.2, 0.25) is 5.91 Å². The molecule has 1 heterocycles. The minimum Gasteiger partial charge on any atom is -0.338 e. The Morgan fingerprint density at radius 3 is 2.50 bits per heavy atom. The number of carbonyl (C=O) groups is 1. The zero-order valence-electron chi connectivity index (χ0n) is 10.8. The zero-order valence-corrected chi connectivity index (χ0v) is 10.8. The molecule has 2 aliphatic rings. The van der Waals surface area contributed by atoms with E-state index in [0.717, 1.165) is 18.7 Å². The van der Waals surface area contributed by atoms with Gasteiger partial charge >= 0.3 is 0 Å². The molecule has 0 spiro atoms. The van der Waals surface area contributed by atoms with Gasteiger partial charge < -0.3 is 10.6 Å². The molecule has 1 amide bonds. The van der Waals surface area contributed by atoms with E-state index in [1.165, 1.54) is 12.8 Å². The van der Waals surface area contributed by atoms with Crippen LogP contribution in [0.1, 0.15) is 31.2 Å². The number of nitrogens with zero attached hydrogens (tertiary/aromatic N) is 1. The van der Waals surface area contributed by atoms with Crippen molar-refractivity contribution in [3.05, 3.63) is 35.9 Å². The predicted octanol–water partition coefficient (Wildman–Crippen LogP) is 1.74. The van der Waals surface area contributed by atoms with Crippen LogP contribution in [-0.2, 0) is 4.79 Å². The number of likely N-dealkylation sites (tertiary alicyclic amines) is 1. The normalized spacial score (nSPS) is 23.3. The zero-order chi connectivity index (χ0) is 12.8. The van der Waals surface area contributed by atoms with Crippen molar-refractivity contribution in [2.45, 2.75) is 31.2 Å². The van der Waals surface area contributed by atoms with E-state index < -0.39 is 0 Å². The molecule has 0 radical (unpaired) electrons. The molecule has 1 aliphatic heterocycles. The van der Waals surface area contributed by atoms with Crippen LogP contribution in [-0.4, -0.2) is 29.4 Å². The molecule has 1 saturated heterocycles. The maximum Gasteiger partial charge on any atom is 0.229 e. The molecule has 1 aliphatic carbocycles. The van der Waals surface area contributed by atoms with Crippen LogP contribution in [0.15, 0.2) is 30.3 Å². The first-order valence-electron chi connectivity index (χ1n) is 6.73. The number of hydrogen-bond acceptors (Lipinski definition) is 2. The largest absolute Gasteiger partial charge is 0.338 e. The summed E-state index contributed by atoms with van der Waals surface area (Å²) in [5, 5.41) is 0. The van der Waals surface area contributed by atoms with Crippen LogP contribution in [0, 0.1) is 5.92 Å². The summed E-state index contributed by atoms with van der Waals surface area (Å²) in [5.41, 5.74) is 7.29. The summed E-state index contributed by atoms with van der Waals surface area (Å²) in [5.74, 6) is 0.812. The molecule has 3 rings (SSSR count). The van der Waals surface area contributed by atoms with E-state index in [4.69, 9.17) is 5.73 Å². The highest BCUT2D eigenvalue weighted by atomic mass is 16.2. The van der Waals surface area contributed by atoms with Gasteiger partial charge in [0.25, 0.3) is 0 Å². The van der Waals surface area contributed by atoms with Gasteiger partial charge in [0.15, 0.2) is 0 Å². The number of carbonyl (C=O) groups excluding carboxylic acids is 1. The average Bonchev–Trinajstić information content (AvgIpc) is 3.19. The molecular formula is C15H20N2O. The Balaban J connectivity index is 1.63. The Morgan fingerprint density at radius 2 is 1.94 bits per heavy atom. The quantitative estimate of drug-likeness (QED) is 0.880. The van der Waals surface area contributed by atoms with E-state index in [-0.39, 0.29) is 17.4 Å². The number of amides is 1. The maximum absolute atomic E-state index is 12.3. The lowest BCUT2D eigenvalue weighted by Gasteiger charge is -2.49. The summed E-state index contributed by atoms with van der Waals surface area (Å²) in [6.07, 6.45) is 2.49. The van der Waals surface area contributed by atoms with E-state index in [1.807, 2.05) is 42.2 Å². The third-order valence-electron chi connectivity index (χ3n) is 4.34. The summed E-state index contributed by atoms with van der Waals surface area (Å²) in [6, 6.07) is 9.96. The van der Waals surface area contributed by atoms with Gasteiger partial charge in [0, 0.05) is 13.1 Å². The molecule has 18 heavy (non-hydrogen) atoms. The Bertz CT molecular complexity index is 447. The fraction of sp³-hybridized carbons (Fsp3) is 0.533. The van der Waals surface area contributed by atoms with E-state index in [9.17, 15) is 4.79 Å². The monoisotopic (exact) mass is 244 g/mol. The Kier molecular flexibility index (Phi) is 2.67. The Hall–Kier alpha value is -1.35. The highest BCUT2D eigenvalue weighted by molar-refractivity contribution is 5.84. The Morgan fingerprint density at radius 1 is 1.33 bits per heavy atom. The highest BCUT2D eigenvalue weighted by Gasteiger charge is 2.52. The van der Waals surface area contributed by atoms with Crippen LogP contribution in [0.4, 0.5) is 0 Å². The molecular weight excluding hydrogens is 224 g/mol. The lowest BCUT2D eigenvalue weighted by atomic mass is 9.84. The van der Waals surface area contributed by atoms with Crippen LogP contribution in [0.2, 0.25) is 0 Å². The first-order valence-corrected chi connectivity index (χ1v) is 6.73. The van der Waals surface area contributed by atoms with Crippen molar-refractivity contribution >= 4 is 5.91 Å². The molecule has 96 valence electrons. The fourth-order valence-corrected chi connectivity index (χ4v) is 2.89. The van der Waals surface area contributed by atoms with Crippen molar-refractivity contribution < 1.29 is 4.79 Å². The standard InChI is InChI=1S/C15H20N2O/c1-11(12-5-3-2-4-6-12)14(18)17-9-15(16,10-17)13-7-8-13/h2-6,11,13H,7-10,16H2,1H3. The molecule has 3 heteroatoms. The average molecular weight is 244 g/mol. The molecule has 1 atom stereocenters. The summed E-state index contributed by atoms with van der Waals surface area (Å²) in [6.45, 7) is 3.46. The number of benzene rings is 1. The van der Waals surface area contributed by atoms with Crippen LogP contribution in [0.25, 0.3) is 0 Å². The minimum absolute atomic E-state index is 0.0602. The molecule has 2 N–H and O–H groups in total. The van der Waals surface area contributed by atoms with Gasteiger partial charge in [-0.15, -0.1) is 0 Å². The first kappa shape index (κ1) is 11.7. The topological polar surface area (TPSA) is 46.3 Å². The van der Waals surface area contributed by atoms with Crippen molar-refractivity contribution in [3.63, 3.8) is 0 Å². The minimum atomic E-state index is -0.0773. The second kappa shape index (κ2) is 4.09. The fourth-order valence-electron chi connectivity index (χ4n) is 2.89. The smallest absolute Gasteiger partial charge is 0.229 e. The predicted molar refractivity (Wildman–Crippen MR) is 71.1 cm³/mol. The van der Waals surface area contributed by atoms with E-state index in [1.54, 1.807) is 0 Å². The number of nitrogens with two attached hydrogens (primary N) is 1. The SMILES string of the molecule is CC(C(=O)N1CC(N)(C2CC2)C1)c1ccccc1. The second-order valence-electron chi connectivity index (χ2n) is 5.83. The van der Waals surface area contributed by atoms with Crippen molar-refractivity contribution in [2.75, 3.05) is 13.1 Å². The molecule has 1 aromatic rings. The summed E-state index contributed by atoms with van der Waals surface area (Å²) < 4.78 is 0. The number of hydrogen-bond donors (Lipinski definition) is 1. The van der Waals surface area contributed by atoms with Crippen LogP contribution in [0.3, 0.4) is 0 Å². The van der Waals surface area contributed by atoms with Crippen molar-refractivity contribution in [3.8, 4) is 0 Å². The molecule has 1 aromatic carbocycles. The molecule has 3 nitrogen and oxygen atoms in total. The summed E-state index contributed by atoms with van der Waals surface area (Å²) in [4.78, 5) is 14.2. The van der Waals surface area contributed by atoms with Gasteiger partial charge in [-0.3, -0.25) is 4.79 Å². The maximum atomic E-state index is 12.3. The summed E-state index contributed by atoms with van der Waals surface area (Å²) in [7, 11) is 0. The van der Waals surface area contributed by atoms with Gasteiger partial charge in [0.1, 0.15) is 0 Å². The van der Waals surface area contributed by atoms with Crippen LogP contribution < -0.4 is 5.73 Å². The van der Waals surface area contributed by atoms with Crippen LogP contribution >= 0.6 is 0 Å². The lowest BCUT2D eigenvalue weighted by molar-refractivity contribution is -0.140. The third-order valence-corrected chi connectivity index (χ3v) is 4.34. The lowest BCUT2D eigenvalue weighted by Crippen LogP contribution is -2.70. The molecule has 1 saturated carbocycles. The van der Waals surface area contributed by atoms with E-state index >= 15 is 0 Å². The second-order valence-corrected chi connectivity index (χ2v) is 5.83. The molecule has 1 unspecified atom stereocenters. The molecule has 0 aromatic heterocycles. The van der Waals surface area contributed by atoms with Gasteiger partial charge in [-0.1, -0.05) is 30.3 Å². The molecule has 2 fully saturated rings. The van der Waals surface area contributed by atoms with Crippen molar-refractivity contribution in [1.82, 2.24) is 4.90 Å². The highest BCUT2D eigenvalue weighted by Crippen LogP contribution is 2.43. The Labute approximate surface area is 108 Å². The van der Waals surface area contributed by atoms with Gasteiger partial charge in [-0.05, 0) is 31.2 Å². The van der Waals surface area contributed by atoms with E-state index in [2.05, 4.69) is 0 Å². The van der Waals surface area contributed by atoms with Crippen molar-refractivity contribution in [1.29, 1.82) is 0 Å². The van der Waals surface area contributed by atoms with Gasteiger partial charge in [0.05, 0.1) is 11.5 Å². The van der Waals surface area contributed by atoms with Crippen LogP contribution in [0.5, 0.6) is 0 Å². The van der Waals surface area contributed by atoms with Gasteiger partial charge in [-0.25, -0.2) is 0 Å².